The van der Waals surface area contributed by atoms with Gasteiger partial charge in [0.15, 0.2) is 0 Å². The van der Waals surface area contributed by atoms with Gasteiger partial charge in [0.05, 0.1) is 10.6 Å². The Morgan fingerprint density at radius 1 is 0.809 bits per heavy atom. The van der Waals surface area contributed by atoms with Gasteiger partial charge in [-0.25, -0.2) is 8.42 Å². The minimum Gasteiger partial charge on any atom is -0.457 e. The van der Waals surface area contributed by atoms with Gasteiger partial charge in [-0.15, -0.1) is 0 Å². The molecule has 1 atom stereocenters. The second-order valence-electron chi connectivity index (χ2n) is 12.2. The highest BCUT2D eigenvalue weighted by Gasteiger charge is 2.33. The highest BCUT2D eigenvalue weighted by Crippen LogP contribution is 2.29. The SMILES string of the molecule is Cc1ccc(S(=O)(=O)N(CC(=O)N(Cc2ccccc2C)C(C)C(=O)NC2CCCCC2)c2ccc(Oc3ccccc3)cc2)cc1. The van der Waals surface area contributed by atoms with Gasteiger partial charge in [-0.1, -0.05) is 79.4 Å². The van der Waals surface area contributed by atoms with Crippen molar-refractivity contribution in [3.8, 4) is 11.5 Å². The number of nitrogens with one attached hydrogen (secondary N) is 1. The first-order valence-electron chi connectivity index (χ1n) is 16.2. The summed E-state index contributed by atoms with van der Waals surface area (Å²) >= 11 is 0. The molecule has 0 heterocycles. The predicted octanol–water partition coefficient (Wildman–Crippen LogP) is 7.16. The zero-order chi connectivity index (χ0) is 33.4. The highest BCUT2D eigenvalue weighted by molar-refractivity contribution is 7.92. The van der Waals surface area contributed by atoms with Crippen LogP contribution < -0.4 is 14.4 Å². The van der Waals surface area contributed by atoms with Crippen LogP contribution in [0, 0.1) is 13.8 Å². The molecule has 0 bridgehead atoms. The smallest absolute Gasteiger partial charge is 0.264 e. The molecule has 0 aliphatic heterocycles. The first kappa shape index (κ1) is 33.7. The number of hydrogen-bond acceptors (Lipinski definition) is 5. The molecule has 9 heteroatoms. The van der Waals surface area contributed by atoms with Crippen molar-refractivity contribution in [1.29, 1.82) is 0 Å². The molecule has 246 valence electrons. The Bertz CT molecular complexity index is 1750. The molecule has 47 heavy (non-hydrogen) atoms. The fourth-order valence-electron chi connectivity index (χ4n) is 5.79. The van der Waals surface area contributed by atoms with Crippen LogP contribution in [0.25, 0.3) is 0 Å². The van der Waals surface area contributed by atoms with E-state index in [1.54, 1.807) is 55.5 Å². The number of ether oxygens (including phenoxy) is 1. The number of rotatable bonds is 12. The Kier molecular flexibility index (Phi) is 11.0. The van der Waals surface area contributed by atoms with E-state index in [9.17, 15) is 18.0 Å². The van der Waals surface area contributed by atoms with Gasteiger partial charge >= 0.3 is 0 Å². The predicted molar refractivity (Wildman–Crippen MR) is 185 cm³/mol. The van der Waals surface area contributed by atoms with Crippen LogP contribution in [0.4, 0.5) is 5.69 Å². The lowest BCUT2D eigenvalue weighted by Gasteiger charge is -2.33. The van der Waals surface area contributed by atoms with Crippen LogP contribution in [0.1, 0.15) is 55.7 Å². The molecule has 1 saturated carbocycles. The van der Waals surface area contributed by atoms with Crippen LogP contribution in [0.3, 0.4) is 0 Å². The van der Waals surface area contributed by atoms with Gasteiger partial charge in [0.25, 0.3) is 10.0 Å². The highest BCUT2D eigenvalue weighted by atomic mass is 32.2. The van der Waals surface area contributed by atoms with Crippen LogP contribution >= 0.6 is 0 Å². The van der Waals surface area contributed by atoms with Crippen LogP contribution in [-0.2, 0) is 26.2 Å². The summed E-state index contributed by atoms with van der Waals surface area (Å²) in [6.45, 7) is 5.21. The first-order valence-corrected chi connectivity index (χ1v) is 17.6. The lowest BCUT2D eigenvalue weighted by atomic mass is 9.95. The second kappa shape index (κ2) is 15.3. The normalized spacial score (nSPS) is 14.2. The van der Waals surface area contributed by atoms with E-state index in [-0.39, 0.29) is 23.4 Å². The van der Waals surface area contributed by atoms with Crippen LogP contribution in [-0.4, -0.2) is 43.8 Å². The molecular weight excluding hydrogens is 611 g/mol. The van der Waals surface area contributed by atoms with Crippen LogP contribution in [0.5, 0.6) is 11.5 Å². The number of sulfonamides is 1. The molecular formula is C38H43N3O5S. The molecule has 4 aromatic carbocycles. The Balaban J connectivity index is 1.47. The summed E-state index contributed by atoms with van der Waals surface area (Å²) in [7, 11) is -4.18. The van der Waals surface area contributed by atoms with E-state index in [0.717, 1.165) is 53.1 Å². The van der Waals surface area contributed by atoms with E-state index in [2.05, 4.69) is 5.32 Å². The summed E-state index contributed by atoms with van der Waals surface area (Å²) in [5.74, 6) is 0.439. The topological polar surface area (TPSA) is 96.0 Å². The molecule has 2 amide bonds. The first-order chi connectivity index (χ1) is 22.6. The van der Waals surface area contributed by atoms with Crippen molar-refractivity contribution in [2.24, 2.45) is 0 Å². The zero-order valence-corrected chi connectivity index (χ0v) is 28.1. The Morgan fingerprint density at radius 3 is 2.09 bits per heavy atom. The van der Waals surface area contributed by atoms with E-state index in [4.69, 9.17) is 4.74 Å². The second-order valence-corrected chi connectivity index (χ2v) is 14.1. The summed E-state index contributed by atoms with van der Waals surface area (Å²) in [4.78, 5) is 29.5. The lowest BCUT2D eigenvalue weighted by Crippen LogP contribution is -2.53. The molecule has 0 spiro atoms. The number of benzene rings is 4. The molecule has 1 unspecified atom stereocenters. The fraction of sp³-hybridized carbons (Fsp3) is 0.316. The van der Waals surface area contributed by atoms with Crippen LogP contribution in [0.2, 0.25) is 0 Å². The summed E-state index contributed by atoms with van der Waals surface area (Å²) in [5.41, 5.74) is 3.07. The average molecular weight is 654 g/mol. The van der Waals surface area contributed by atoms with Crippen molar-refractivity contribution in [3.63, 3.8) is 0 Å². The Hall–Kier alpha value is -4.63. The number of carbonyl (C=O) groups excluding carboxylic acids is 2. The van der Waals surface area contributed by atoms with Crippen molar-refractivity contribution >= 4 is 27.5 Å². The molecule has 1 fully saturated rings. The van der Waals surface area contributed by atoms with E-state index in [1.807, 2.05) is 68.4 Å². The maximum Gasteiger partial charge on any atom is 0.264 e. The molecule has 0 aromatic heterocycles. The van der Waals surface area contributed by atoms with Gasteiger partial charge in [-0.3, -0.25) is 13.9 Å². The van der Waals surface area contributed by atoms with Gasteiger partial charge in [-0.05, 0) is 93.3 Å². The Labute approximate surface area is 278 Å². The van der Waals surface area contributed by atoms with E-state index < -0.39 is 28.5 Å². The third-order valence-corrected chi connectivity index (χ3v) is 10.5. The van der Waals surface area contributed by atoms with E-state index >= 15 is 0 Å². The van der Waals surface area contributed by atoms with Crippen molar-refractivity contribution < 1.29 is 22.7 Å². The van der Waals surface area contributed by atoms with Crippen LogP contribution in [0.15, 0.2) is 108 Å². The van der Waals surface area contributed by atoms with Gasteiger partial charge in [0.1, 0.15) is 24.1 Å². The summed E-state index contributed by atoms with van der Waals surface area (Å²) in [6, 6.07) is 29.4. The fourth-order valence-corrected chi connectivity index (χ4v) is 7.21. The average Bonchev–Trinajstić information content (AvgIpc) is 3.08. The zero-order valence-electron chi connectivity index (χ0n) is 27.3. The number of carbonyl (C=O) groups is 2. The molecule has 8 nitrogen and oxygen atoms in total. The number of amides is 2. The quantitative estimate of drug-likeness (QED) is 0.175. The summed E-state index contributed by atoms with van der Waals surface area (Å²) < 4.78 is 35.4. The van der Waals surface area contributed by atoms with Crippen molar-refractivity contribution in [2.45, 2.75) is 76.4 Å². The minimum absolute atomic E-state index is 0.0639. The molecule has 0 radical (unpaired) electrons. The number of aryl methyl sites for hydroxylation is 2. The monoisotopic (exact) mass is 653 g/mol. The molecule has 1 aliphatic rings. The van der Waals surface area contributed by atoms with E-state index in [0.29, 0.717) is 17.2 Å². The summed E-state index contributed by atoms with van der Waals surface area (Å²) in [6.07, 6.45) is 5.11. The lowest BCUT2D eigenvalue weighted by molar-refractivity contribution is -0.139. The van der Waals surface area contributed by atoms with Crippen molar-refractivity contribution in [2.75, 3.05) is 10.8 Å². The molecule has 5 rings (SSSR count). The minimum atomic E-state index is -4.18. The molecule has 0 saturated heterocycles. The van der Waals surface area contributed by atoms with Crippen molar-refractivity contribution in [1.82, 2.24) is 10.2 Å². The maximum absolute atomic E-state index is 14.3. The number of nitrogens with zero attached hydrogens (tertiary/aromatic N) is 2. The number of hydrogen-bond donors (Lipinski definition) is 1. The molecule has 4 aromatic rings. The number of anilines is 1. The van der Waals surface area contributed by atoms with Gasteiger partial charge in [-0.2, -0.15) is 0 Å². The standard InChI is InChI=1S/C38H43N3O5S/c1-28-18-24-36(25-19-28)47(44,45)41(33-20-22-35(23-21-33)46-34-16-8-5-9-17-34)27-37(42)40(26-31-13-11-10-12-29(31)2)30(3)38(43)39-32-14-6-4-7-15-32/h5,8-13,16-25,30,32H,4,6-7,14-15,26-27H2,1-3H3,(H,39,43). The van der Waals surface area contributed by atoms with E-state index in [1.165, 1.54) is 4.90 Å². The van der Waals surface area contributed by atoms with Gasteiger partial charge in [0.2, 0.25) is 11.8 Å². The molecule has 1 aliphatic carbocycles. The third-order valence-electron chi connectivity index (χ3n) is 8.71. The largest absolute Gasteiger partial charge is 0.457 e. The Morgan fingerprint density at radius 2 is 1.43 bits per heavy atom. The number of para-hydroxylation sites is 1. The third kappa shape index (κ3) is 8.60. The maximum atomic E-state index is 14.3. The van der Waals surface area contributed by atoms with Crippen molar-refractivity contribution in [3.05, 3.63) is 120 Å². The summed E-state index contributed by atoms with van der Waals surface area (Å²) in [5, 5.41) is 3.15. The molecule has 1 N–H and O–H groups in total. The van der Waals surface area contributed by atoms with Gasteiger partial charge in [0, 0.05) is 12.6 Å². The van der Waals surface area contributed by atoms with Gasteiger partial charge < -0.3 is 15.0 Å².